The normalized spacial score (nSPS) is 30.5. The maximum absolute atomic E-state index is 14.0. The number of morpholine rings is 1. The number of piperidine rings is 2. The van der Waals surface area contributed by atoms with Crippen molar-refractivity contribution < 1.29 is 14.3 Å². The minimum absolute atomic E-state index is 0.0471. The second-order valence-corrected chi connectivity index (χ2v) is 14.2. The van der Waals surface area contributed by atoms with Crippen LogP contribution in [0, 0.1) is 24.7 Å². The van der Waals surface area contributed by atoms with E-state index in [1.165, 1.54) is 36.9 Å². The summed E-state index contributed by atoms with van der Waals surface area (Å²) >= 11 is 0. The van der Waals surface area contributed by atoms with E-state index in [1.807, 2.05) is 4.90 Å². The van der Waals surface area contributed by atoms with Gasteiger partial charge in [-0.15, -0.1) is 0 Å². The minimum Gasteiger partial charge on any atom is -0.379 e. The van der Waals surface area contributed by atoms with Crippen LogP contribution in [0.5, 0.6) is 0 Å². The number of rotatable bonds is 10. The van der Waals surface area contributed by atoms with Crippen LogP contribution in [0.3, 0.4) is 0 Å². The van der Waals surface area contributed by atoms with Crippen molar-refractivity contribution in [2.24, 2.45) is 17.8 Å². The Bertz CT molecular complexity index is 1120. The summed E-state index contributed by atoms with van der Waals surface area (Å²) in [6.07, 6.45) is 8.27. The predicted octanol–water partition coefficient (Wildman–Crippen LogP) is 4.80. The summed E-state index contributed by atoms with van der Waals surface area (Å²) in [5.74, 6) is 1.01. The van der Waals surface area contributed by atoms with Gasteiger partial charge in [0.25, 0.3) is 5.91 Å². The van der Waals surface area contributed by atoms with Crippen molar-refractivity contribution in [1.82, 2.24) is 20.4 Å². The highest BCUT2D eigenvalue weighted by Crippen LogP contribution is 2.37. The van der Waals surface area contributed by atoms with E-state index in [2.05, 4.69) is 74.2 Å². The zero-order chi connectivity index (χ0) is 31.4. The number of anilines is 1. The van der Waals surface area contributed by atoms with Crippen LogP contribution in [0.25, 0.3) is 0 Å². The Balaban J connectivity index is 1.33. The number of ether oxygens (including phenoxy) is 1. The van der Waals surface area contributed by atoms with Crippen LogP contribution >= 0.6 is 0 Å². The van der Waals surface area contributed by atoms with Crippen LogP contribution in [0.2, 0.25) is 0 Å². The summed E-state index contributed by atoms with van der Waals surface area (Å²) in [4.78, 5) is 34.5. The molecule has 0 radical (unpaired) electrons. The average molecular weight is 610 g/mol. The molecule has 44 heavy (non-hydrogen) atoms. The fourth-order valence-electron chi connectivity index (χ4n) is 8.83. The molecule has 0 spiro atoms. The first-order chi connectivity index (χ1) is 21.2. The van der Waals surface area contributed by atoms with Crippen molar-refractivity contribution in [3.63, 3.8) is 0 Å². The molecule has 2 N–H and O–H groups in total. The molecule has 0 aromatic heterocycles. The Morgan fingerprint density at radius 3 is 2.45 bits per heavy atom. The van der Waals surface area contributed by atoms with Gasteiger partial charge in [-0.25, -0.2) is 0 Å². The summed E-state index contributed by atoms with van der Waals surface area (Å²) in [7, 11) is 2.22. The van der Waals surface area contributed by atoms with Gasteiger partial charge in [0.1, 0.15) is 0 Å². The maximum atomic E-state index is 14.0. The zero-order valence-corrected chi connectivity index (χ0v) is 28.4. The van der Waals surface area contributed by atoms with Gasteiger partial charge in [0.15, 0.2) is 0 Å². The highest BCUT2D eigenvalue weighted by atomic mass is 16.5. The third-order valence-corrected chi connectivity index (χ3v) is 11.8. The molecule has 246 valence electrons. The summed E-state index contributed by atoms with van der Waals surface area (Å²) in [6.45, 7) is 17.6. The summed E-state index contributed by atoms with van der Waals surface area (Å²) in [5.41, 5.74) is 4.26. The van der Waals surface area contributed by atoms with Crippen molar-refractivity contribution in [3.05, 3.63) is 28.8 Å². The van der Waals surface area contributed by atoms with Crippen LogP contribution in [0.15, 0.2) is 12.1 Å². The largest absolute Gasteiger partial charge is 0.379 e. The molecule has 5 rings (SSSR count). The molecule has 6 unspecified atom stereocenters. The Kier molecular flexibility index (Phi) is 11.3. The molecule has 1 saturated carbocycles. The quantitative estimate of drug-likeness (QED) is 0.397. The molecule has 8 nitrogen and oxygen atoms in total. The van der Waals surface area contributed by atoms with Crippen molar-refractivity contribution in [2.45, 2.75) is 104 Å². The third kappa shape index (κ3) is 7.13. The highest BCUT2D eigenvalue weighted by molar-refractivity contribution is 5.98. The fourth-order valence-corrected chi connectivity index (χ4v) is 8.83. The fraction of sp³-hybridized carbons (Fsp3) is 0.778. The van der Waals surface area contributed by atoms with Crippen molar-refractivity contribution in [1.29, 1.82) is 0 Å². The number of benzene rings is 1. The molecule has 8 heteroatoms. The lowest BCUT2D eigenvalue weighted by Crippen LogP contribution is -2.57. The standard InChI is InChI=1S/C36H59N5O3/c1-7-31-24(3)33(36(43)41(8-2)26(31)5)22-38-35(42)32-19-28(20-34(25(32)4)39(6)30-11-9-10-12-30)27-13-14-29(37-21-27)23-40-15-17-44-18-16-40/h19-20,24,26-27,29-31,33,37H,7-18,21-23H2,1-6H3,(H,38,42). The zero-order valence-electron chi connectivity index (χ0n) is 28.4. The Morgan fingerprint density at radius 2 is 1.82 bits per heavy atom. The molecule has 3 aliphatic heterocycles. The second-order valence-electron chi connectivity index (χ2n) is 14.2. The van der Waals surface area contributed by atoms with Gasteiger partial charge in [0, 0.05) is 75.7 Å². The maximum Gasteiger partial charge on any atom is 0.251 e. The number of nitrogens with zero attached hydrogens (tertiary/aromatic N) is 3. The van der Waals surface area contributed by atoms with E-state index in [-0.39, 0.29) is 29.7 Å². The van der Waals surface area contributed by atoms with Gasteiger partial charge >= 0.3 is 0 Å². The van der Waals surface area contributed by atoms with Gasteiger partial charge in [0.2, 0.25) is 5.91 Å². The van der Waals surface area contributed by atoms with E-state index < -0.39 is 0 Å². The molecule has 1 aliphatic carbocycles. The van der Waals surface area contributed by atoms with E-state index >= 15 is 0 Å². The molecule has 3 saturated heterocycles. The SMILES string of the molecule is CCC1C(C)C(CNC(=O)c2cc(C3CCC(CN4CCOCC4)NC3)cc(N(C)C3CCCC3)c2C)C(=O)N(CC)C1C. The van der Waals surface area contributed by atoms with Crippen molar-refractivity contribution in [3.8, 4) is 0 Å². The number of nitrogens with one attached hydrogen (secondary N) is 2. The first-order valence-electron chi connectivity index (χ1n) is 17.7. The van der Waals surface area contributed by atoms with E-state index in [4.69, 9.17) is 4.74 Å². The van der Waals surface area contributed by atoms with E-state index in [1.54, 1.807) is 0 Å². The van der Waals surface area contributed by atoms with Crippen LogP contribution in [-0.4, -0.2) is 99.3 Å². The lowest BCUT2D eigenvalue weighted by molar-refractivity contribution is -0.147. The van der Waals surface area contributed by atoms with Crippen LogP contribution in [0.4, 0.5) is 5.69 Å². The van der Waals surface area contributed by atoms with E-state index in [9.17, 15) is 9.59 Å². The summed E-state index contributed by atoms with van der Waals surface area (Å²) in [5, 5.41) is 7.10. The van der Waals surface area contributed by atoms with Gasteiger partial charge in [0.05, 0.1) is 19.1 Å². The van der Waals surface area contributed by atoms with Gasteiger partial charge in [-0.05, 0) is 87.5 Å². The molecule has 3 heterocycles. The molecular formula is C36H59N5O3. The number of likely N-dealkylation sites (tertiary alicyclic amines) is 1. The lowest BCUT2D eigenvalue weighted by atomic mass is 9.73. The third-order valence-electron chi connectivity index (χ3n) is 11.8. The first-order valence-corrected chi connectivity index (χ1v) is 17.7. The van der Waals surface area contributed by atoms with Gasteiger partial charge < -0.3 is 25.2 Å². The van der Waals surface area contributed by atoms with Gasteiger partial charge in [-0.1, -0.05) is 33.1 Å². The Morgan fingerprint density at radius 1 is 1.09 bits per heavy atom. The Labute approximate surface area is 266 Å². The molecule has 0 bridgehead atoms. The molecular weight excluding hydrogens is 550 g/mol. The molecule has 6 atom stereocenters. The molecule has 1 aromatic carbocycles. The highest BCUT2D eigenvalue weighted by Gasteiger charge is 2.43. The van der Waals surface area contributed by atoms with Crippen LogP contribution in [-0.2, 0) is 9.53 Å². The Hall–Kier alpha value is -2.16. The molecule has 2 amide bonds. The smallest absolute Gasteiger partial charge is 0.251 e. The summed E-state index contributed by atoms with van der Waals surface area (Å²) < 4.78 is 5.54. The number of hydrogen-bond donors (Lipinski definition) is 2. The monoisotopic (exact) mass is 609 g/mol. The number of amides is 2. The topological polar surface area (TPSA) is 77.2 Å². The number of hydrogen-bond acceptors (Lipinski definition) is 6. The molecule has 4 fully saturated rings. The van der Waals surface area contributed by atoms with Gasteiger partial charge in [-0.2, -0.15) is 0 Å². The number of carbonyl (C=O) groups excluding carboxylic acids is 2. The average Bonchev–Trinajstić information content (AvgIpc) is 3.57. The summed E-state index contributed by atoms with van der Waals surface area (Å²) in [6, 6.07) is 5.80. The molecule has 1 aromatic rings. The van der Waals surface area contributed by atoms with E-state index in [0.29, 0.717) is 37.0 Å². The van der Waals surface area contributed by atoms with E-state index in [0.717, 1.165) is 69.8 Å². The first kappa shape index (κ1) is 33.2. The second kappa shape index (κ2) is 15.0. The van der Waals surface area contributed by atoms with Crippen molar-refractivity contribution >= 4 is 17.5 Å². The minimum atomic E-state index is -0.185. The van der Waals surface area contributed by atoms with Crippen LogP contribution in [0.1, 0.15) is 100 Å². The van der Waals surface area contributed by atoms with Crippen LogP contribution < -0.4 is 15.5 Å². The lowest BCUT2D eigenvalue weighted by Gasteiger charge is -2.46. The van der Waals surface area contributed by atoms with Gasteiger partial charge in [-0.3, -0.25) is 14.5 Å². The predicted molar refractivity (Wildman–Crippen MR) is 178 cm³/mol. The van der Waals surface area contributed by atoms with Crippen molar-refractivity contribution in [2.75, 3.05) is 64.4 Å². The molecule has 4 aliphatic rings. The number of carbonyl (C=O) groups is 2.